The Kier molecular flexibility index (Phi) is 5.56. The molecule has 1 aromatic rings. The number of pyridine rings is 1. The average Bonchev–Trinajstić information content (AvgIpc) is 2.29. The van der Waals surface area contributed by atoms with Crippen molar-refractivity contribution in [2.45, 2.75) is 32.9 Å². The molecular formula is C14H26N4. The molecule has 18 heavy (non-hydrogen) atoms. The van der Waals surface area contributed by atoms with Gasteiger partial charge in [-0.1, -0.05) is 0 Å². The van der Waals surface area contributed by atoms with E-state index in [4.69, 9.17) is 5.73 Å². The standard InChI is InChI=1S/C14H26N4/c1-6-18(11(2)10-17(4)5)13-7-8-14(12(3)15)16-9-13/h7-9,11-12H,6,10,15H2,1-5H3. The van der Waals surface area contributed by atoms with Gasteiger partial charge >= 0.3 is 0 Å². The van der Waals surface area contributed by atoms with Gasteiger partial charge in [-0.2, -0.15) is 0 Å². The SMILES string of the molecule is CCN(c1ccc(C(C)N)nc1)C(C)CN(C)C. The van der Waals surface area contributed by atoms with Gasteiger partial charge in [-0.15, -0.1) is 0 Å². The van der Waals surface area contributed by atoms with Crippen molar-refractivity contribution < 1.29 is 0 Å². The number of nitrogens with zero attached hydrogens (tertiary/aromatic N) is 3. The van der Waals surface area contributed by atoms with E-state index in [-0.39, 0.29) is 6.04 Å². The maximum Gasteiger partial charge on any atom is 0.0569 e. The van der Waals surface area contributed by atoms with E-state index in [1.807, 2.05) is 19.2 Å². The van der Waals surface area contributed by atoms with E-state index in [0.717, 1.165) is 24.5 Å². The fourth-order valence-electron chi connectivity index (χ4n) is 2.21. The zero-order chi connectivity index (χ0) is 13.7. The summed E-state index contributed by atoms with van der Waals surface area (Å²) in [6.07, 6.45) is 1.92. The third kappa shape index (κ3) is 3.96. The lowest BCUT2D eigenvalue weighted by molar-refractivity contribution is 0.373. The maximum absolute atomic E-state index is 5.82. The summed E-state index contributed by atoms with van der Waals surface area (Å²) in [6.45, 7) is 8.37. The number of nitrogens with two attached hydrogens (primary N) is 1. The molecule has 4 nitrogen and oxygen atoms in total. The van der Waals surface area contributed by atoms with Gasteiger partial charge in [-0.05, 0) is 47.0 Å². The van der Waals surface area contributed by atoms with Crippen molar-refractivity contribution in [2.24, 2.45) is 5.73 Å². The first-order chi connectivity index (χ1) is 8.45. The number of hydrogen-bond donors (Lipinski definition) is 1. The Hall–Kier alpha value is -1.13. The fourth-order valence-corrected chi connectivity index (χ4v) is 2.21. The molecule has 0 saturated heterocycles. The van der Waals surface area contributed by atoms with Crippen molar-refractivity contribution in [2.75, 3.05) is 32.1 Å². The second-order valence-electron chi connectivity index (χ2n) is 5.13. The molecule has 0 fully saturated rings. The lowest BCUT2D eigenvalue weighted by Gasteiger charge is -2.32. The van der Waals surface area contributed by atoms with E-state index in [1.54, 1.807) is 0 Å². The van der Waals surface area contributed by atoms with Crippen LogP contribution < -0.4 is 10.6 Å². The van der Waals surface area contributed by atoms with E-state index in [0.29, 0.717) is 6.04 Å². The third-order valence-electron chi connectivity index (χ3n) is 3.07. The first kappa shape index (κ1) is 14.9. The quantitative estimate of drug-likeness (QED) is 0.837. The molecule has 2 unspecified atom stereocenters. The van der Waals surface area contributed by atoms with Crippen LogP contribution >= 0.6 is 0 Å². The van der Waals surface area contributed by atoms with E-state index >= 15 is 0 Å². The smallest absolute Gasteiger partial charge is 0.0569 e. The summed E-state index contributed by atoms with van der Waals surface area (Å²) in [6, 6.07) is 4.59. The van der Waals surface area contributed by atoms with Crippen LogP contribution in [0.5, 0.6) is 0 Å². The van der Waals surface area contributed by atoms with Crippen molar-refractivity contribution in [3.63, 3.8) is 0 Å². The summed E-state index contributed by atoms with van der Waals surface area (Å²) in [5.41, 5.74) is 7.92. The summed E-state index contributed by atoms with van der Waals surface area (Å²) >= 11 is 0. The van der Waals surface area contributed by atoms with Crippen LogP contribution in [-0.4, -0.2) is 43.1 Å². The van der Waals surface area contributed by atoms with E-state index < -0.39 is 0 Å². The Morgan fingerprint density at radius 2 is 1.94 bits per heavy atom. The molecule has 1 aromatic heterocycles. The second-order valence-corrected chi connectivity index (χ2v) is 5.13. The van der Waals surface area contributed by atoms with Gasteiger partial charge in [-0.25, -0.2) is 0 Å². The van der Waals surface area contributed by atoms with Crippen LogP contribution in [0.1, 0.15) is 32.5 Å². The molecule has 0 amide bonds. The normalized spacial score (nSPS) is 14.6. The monoisotopic (exact) mass is 250 g/mol. The Balaban J connectivity index is 2.81. The molecule has 0 aliphatic carbocycles. The Bertz CT molecular complexity index is 345. The molecule has 2 atom stereocenters. The number of likely N-dealkylation sites (N-methyl/N-ethyl adjacent to an activating group) is 2. The summed E-state index contributed by atoms with van der Waals surface area (Å²) < 4.78 is 0. The van der Waals surface area contributed by atoms with E-state index in [2.05, 4.69) is 48.8 Å². The van der Waals surface area contributed by atoms with Crippen LogP contribution in [0.2, 0.25) is 0 Å². The molecule has 0 aromatic carbocycles. The minimum atomic E-state index is -0.00618. The summed E-state index contributed by atoms with van der Waals surface area (Å²) in [5.74, 6) is 0. The van der Waals surface area contributed by atoms with Crippen molar-refractivity contribution in [1.82, 2.24) is 9.88 Å². The van der Waals surface area contributed by atoms with Crippen LogP contribution in [0.15, 0.2) is 18.3 Å². The van der Waals surface area contributed by atoms with Crippen LogP contribution in [0, 0.1) is 0 Å². The Morgan fingerprint density at radius 1 is 1.28 bits per heavy atom. The van der Waals surface area contributed by atoms with Gasteiger partial charge in [0.2, 0.25) is 0 Å². The zero-order valence-corrected chi connectivity index (χ0v) is 12.2. The van der Waals surface area contributed by atoms with Crippen LogP contribution in [0.3, 0.4) is 0 Å². The third-order valence-corrected chi connectivity index (χ3v) is 3.07. The van der Waals surface area contributed by atoms with Crippen LogP contribution in [0.4, 0.5) is 5.69 Å². The van der Waals surface area contributed by atoms with Gasteiger partial charge in [0.1, 0.15) is 0 Å². The van der Waals surface area contributed by atoms with Crippen molar-refractivity contribution in [3.05, 3.63) is 24.0 Å². The van der Waals surface area contributed by atoms with Crippen molar-refractivity contribution >= 4 is 5.69 Å². The number of hydrogen-bond acceptors (Lipinski definition) is 4. The fraction of sp³-hybridized carbons (Fsp3) is 0.643. The molecule has 0 aliphatic heterocycles. The highest BCUT2D eigenvalue weighted by molar-refractivity contribution is 5.45. The van der Waals surface area contributed by atoms with Crippen LogP contribution in [-0.2, 0) is 0 Å². The molecular weight excluding hydrogens is 224 g/mol. The van der Waals surface area contributed by atoms with Gasteiger partial charge in [0.15, 0.2) is 0 Å². The Morgan fingerprint density at radius 3 is 2.33 bits per heavy atom. The molecule has 2 N–H and O–H groups in total. The molecule has 0 aliphatic rings. The molecule has 0 saturated carbocycles. The Labute approximate surface area is 111 Å². The lowest BCUT2D eigenvalue weighted by atomic mass is 10.2. The summed E-state index contributed by atoms with van der Waals surface area (Å²) in [7, 11) is 4.20. The molecule has 0 spiro atoms. The summed E-state index contributed by atoms with van der Waals surface area (Å²) in [4.78, 5) is 8.99. The van der Waals surface area contributed by atoms with E-state index in [9.17, 15) is 0 Å². The molecule has 1 rings (SSSR count). The van der Waals surface area contributed by atoms with Crippen molar-refractivity contribution in [3.8, 4) is 0 Å². The predicted octanol–water partition coefficient (Wildman–Crippen LogP) is 1.88. The average molecular weight is 250 g/mol. The van der Waals surface area contributed by atoms with Gasteiger partial charge < -0.3 is 15.5 Å². The van der Waals surface area contributed by atoms with Crippen LogP contribution in [0.25, 0.3) is 0 Å². The van der Waals surface area contributed by atoms with E-state index in [1.165, 1.54) is 0 Å². The number of rotatable bonds is 6. The molecule has 102 valence electrons. The predicted molar refractivity (Wildman–Crippen MR) is 77.9 cm³/mol. The highest BCUT2D eigenvalue weighted by atomic mass is 15.2. The first-order valence-corrected chi connectivity index (χ1v) is 6.58. The van der Waals surface area contributed by atoms with Gasteiger partial charge in [-0.3, -0.25) is 4.98 Å². The molecule has 4 heteroatoms. The minimum Gasteiger partial charge on any atom is -0.367 e. The molecule has 0 bridgehead atoms. The zero-order valence-electron chi connectivity index (χ0n) is 12.2. The van der Waals surface area contributed by atoms with Gasteiger partial charge in [0.05, 0.1) is 17.6 Å². The molecule has 1 heterocycles. The molecule has 0 radical (unpaired) electrons. The first-order valence-electron chi connectivity index (χ1n) is 6.58. The second kappa shape index (κ2) is 6.71. The number of anilines is 1. The minimum absolute atomic E-state index is 0.00618. The highest BCUT2D eigenvalue weighted by Crippen LogP contribution is 2.18. The maximum atomic E-state index is 5.82. The highest BCUT2D eigenvalue weighted by Gasteiger charge is 2.14. The van der Waals surface area contributed by atoms with Gasteiger partial charge in [0, 0.05) is 25.2 Å². The van der Waals surface area contributed by atoms with Gasteiger partial charge in [0.25, 0.3) is 0 Å². The summed E-state index contributed by atoms with van der Waals surface area (Å²) in [5, 5.41) is 0. The largest absolute Gasteiger partial charge is 0.367 e. The number of aromatic nitrogens is 1. The lowest BCUT2D eigenvalue weighted by Crippen LogP contribution is -2.40. The topological polar surface area (TPSA) is 45.4 Å². The van der Waals surface area contributed by atoms with Crippen molar-refractivity contribution in [1.29, 1.82) is 0 Å².